The van der Waals surface area contributed by atoms with Crippen LogP contribution in [0.4, 0.5) is 13.2 Å². The zero-order chi connectivity index (χ0) is 10.1. The molecule has 1 rings (SSSR count). The van der Waals surface area contributed by atoms with E-state index in [1.54, 1.807) is 6.92 Å². The smallest absolute Gasteiger partial charge is 0.251 e. The van der Waals surface area contributed by atoms with E-state index in [2.05, 4.69) is 4.98 Å². The normalized spacial score (nSPS) is 10.9. The summed E-state index contributed by atoms with van der Waals surface area (Å²) in [7, 11) is 0. The Morgan fingerprint density at radius 1 is 1.43 bits per heavy atom. The molecule has 6 heteroatoms. The summed E-state index contributed by atoms with van der Waals surface area (Å²) in [5.74, 6) is -0.177. The Kier molecular flexibility index (Phi) is 4.68. The molecule has 0 aliphatic heterocycles. The Bertz CT molecular complexity index is 312. The SMILES string of the molecule is Cc1cnc(C(F)(F)F)c(CCl)c1.Cl. The van der Waals surface area contributed by atoms with Crippen molar-refractivity contribution >= 4 is 24.0 Å². The van der Waals surface area contributed by atoms with Crippen molar-refractivity contribution in [3.05, 3.63) is 29.1 Å². The fourth-order valence-electron chi connectivity index (χ4n) is 0.987. The summed E-state index contributed by atoms with van der Waals surface area (Å²) in [6.07, 6.45) is -3.24. The molecule has 0 unspecified atom stereocenters. The Labute approximate surface area is 90.7 Å². The van der Waals surface area contributed by atoms with Gasteiger partial charge >= 0.3 is 6.18 Å². The summed E-state index contributed by atoms with van der Waals surface area (Å²) < 4.78 is 36.7. The van der Waals surface area contributed by atoms with E-state index in [4.69, 9.17) is 11.6 Å². The van der Waals surface area contributed by atoms with Crippen molar-refractivity contribution in [3.63, 3.8) is 0 Å². The molecule has 0 aromatic carbocycles. The summed E-state index contributed by atoms with van der Waals surface area (Å²) >= 11 is 5.37. The number of alkyl halides is 4. The highest BCUT2D eigenvalue weighted by molar-refractivity contribution is 6.17. The number of hydrogen-bond acceptors (Lipinski definition) is 1. The molecule has 0 aliphatic rings. The Balaban J connectivity index is 0.00000169. The second-order valence-electron chi connectivity index (χ2n) is 2.65. The lowest BCUT2D eigenvalue weighted by molar-refractivity contribution is -0.141. The van der Waals surface area contributed by atoms with Gasteiger partial charge in [0.2, 0.25) is 0 Å². The van der Waals surface area contributed by atoms with Gasteiger partial charge in [-0.1, -0.05) is 6.07 Å². The molecule has 0 saturated heterocycles. The first-order chi connectivity index (χ1) is 5.95. The minimum atomic E-state index is -4.42. The number of nitrogens with zero attached hydrogens (tertiary/aromatic N) is 1. The minimum Gasteiger partial charge on any atom is -0.251 e. The number of pyridine rings is 1. The molecule has 0 radical (unpaired) electrons. The van der Waals surface area contributed by atoms with Gasteiger partial charge < -0.3 is 0 Å². The van der Waals surface area contributed by atoms with Crippen LogP contribution >= 0.6 is 24.0 Å². The van der Waals surface area contributed by atoms with Crippen LogP contribution in [0.3, 0.4) is 0 Å². The Morgan fingerprint density at radius 3 is 2.43 bits per heavy atom. The van der Waals surface area contributed by atoms with Crippen molar-refractivity contribution in [3.8, 4) is 0 Å². The summed E-state index contributed by atoms with van der Waals surface area (Å²) in [5, 5.41) is 0. The fraction of sp³-hybridized carbons (Fsp3) is 0.375. The van der Waals surface area contributed by atoms with Crippen LogP contribution in [0.5, 0.6) is 0 Å². The third-order valence-corrected chi connectivity index (χ3v) is 1.80. The van der Waals surface area contributed by atoms with Crippen molar-refractivity contribution < 1.29 is 13.2 Å². The van der Waals surface area contributed by atoms with Gasteiger partial charge in [-0.15, -0.1) is 24.0 Å². The third-order valence-electron chi connectivity index (χ3n) is 1.52. The number of aromatic nitrogens is 1. The molecular weight excluding hydrogens is 238 g/mol. The zero-order valence-electron chi connectivity index (χ0n) is 7.23. The predicted molar refractivity (Wildman–Crippen MR) is 50.8 cm³/mol. The lowest BCUT2D eigenvalue weighted by atomic mass is 10.1. The van der Waals surface area contributed by atoms with Crippen molar-refractivity contribution in [2.75, 3.05) is 0 Å². The summed E-state index contributed by atoms with van der Waals surface area (Å²) in [6.45, 7) is 1.67. The summed E-state index contributed by atoms with van der Waals surface area (Å²) in [5.41, 5.74) is -0.203. The molecule has 0 amide bonds. The van der Waals surface area contributed by atoms with Gasteiger partial charge in [0, 0.05) is 12.1 Å². The highest BCUT2D eigenvalue weighted by Crippen LogP contribution is 2.31. The van der Waals surface area contributed by atoms with Crippen LogP contribution in [0.25, 0.3) is 0 Å². The second-order valence-corrected chi connectivity index (χ2v) is 2.92. The van der Waals surface area contributed by atoms with Gasteiger partial charge in [-0.05, 0) is 18.1 Å². The van der Waals surface area contributed by atoms with Crippen LogP contribution in [0, 0.1) is 6.92 Å². The summed E-state index contributed by atoms with van der Waals surface area (Å²) in [6, 6.07) is 1.39. The monoisotopic (exact) mass is 245 g/mol. The first kappa shape index (κ1) is 13.5. The van der Waals surface area contributed by atoms with E-state index >= 15 is 0 Å². The van der Waals surface area contributed by atoms with Crippen LogP contribution in [0.1, 0.15) is 16.8 Å². The predicted octanol–water partition coefficient (Wildman–Crippen LogP) is 3.57. The average molecular weight is 246 g/mol. The molecular formula is C8H8Cl2F3N. The van der Waals surface area contributed by atoms with Gasteiger partial charge in [0.15, 0.2) is 0 Å². The van der Waals surface area contributed by atoms with Crippen molar-refractivity contribution in [2.24, 2.45) is 0 Å². The van der Waals surface area contributed by atoms with Crippen molar-refractivity contribution in [2.45, 2.75) is 19.0 Å². The lowest BCUT2D eigenvalue weighted by Gasteiger charge is -2.09. The first-order valence-electron chi connectivity index (χ1n) is 3.54. The maximum atomic E-state index is 12.2. The van der Waals surface area contributed by atoms with Gasteiger partial charge in [-0.3, -0.25) is 4.98 Å². The topological polar surface area (TPSA) is 12.9 Å². The molecule has 80 valence electrons. The quantitative estimate of drug-likeness (QED) is 0.690. The van der Waals surface area contributed by atoms with Gasteiger partial charge in [-0.25, -0.2) is 0 Å². The Morgan fingerprint density at radius 2 is 2.00 bits per heavy atom. The van der Waals surface area contributed by atoms with Crippen LogP contribution in [0.15, 0.2) is 12.3 Å². The summed E-state index contributed by atoms with van der Waals surface area (Å²) in [4.78, 5) is 3.31. The van der Waals surface area contributed by atoms with Gasteiger partial charge in [0.25, 0.3) is 0 Å². The molecule has 0 fully saturated rings. The largest absolute Gasteiger partial charge is 0.433 e. The van der Waals surface area contributed by atoms with Gasteiger partial charge in [0.1, 0.15) is 5.69 Å². The molecule has 0 N–H and O–H groups in total. The van der Waals surface area contributed by atoms with E-state index in [1.165, 1.54) is 12.3 Å². The molecule has 1 heterocycles. The first-order valence-corrected chi connectivity index (χ1v) is 4.07. The fourth-order valence-corrected chi connectivity index (χ4v) is 1.19. The van der Waals surface area contributed by atoms with E-state index in [9.17, 15) is 13.2 Å². The van der Waals surface area contributed by atoms with Crippen molar-refractivity contribution in [1.29, 1.82) is 0 Å². The highest BCUT2D eigenvalue weighted by Gasteiger charge is 2.34. The van der Waals surface area contributed by atoms with Gasteiger partial charge in [0.05, 0.1) is 0 Å². The molecule has 1 aromatic rings. The molecule has 14 heavy (non-hydrogen) atoms. The van der Waals surface area contributed by atoms with E-state index in [-0.39, 0.29) is 23.9 Å². The number of hydrogen-bond donors (Lipinski definition) is 0. The zero-order valence-corrected chi connectivity index (χ0v) is 8.80. The minimum absolute atomic E-state index is 0. The molecule has 1 nitrogen and oxygen atoms in total. The van der Waals surface area contributed by atoms with Gasteiger partial charge in [-0.2, -0.15) is 13.2 Å². The molecule has 1 aromatic heterocycles. The van der Waals surface area contributed by atoms with E-state index in [0.29, 0.717) is 5.56 Å². The van der Waals surface area contributed by atoms with Crippen LogP contribution in [0.2, 0.25) is 0 Å². The van der Waals surface area contributed by atoms with E-state index in [0.717, 1.165) is 0 Å². The van der Waals surface area contributed by atoms with Crippen LogP contribution in [-0.2, 0) is 12.1 Å². The highest BCUT2D eigenvalue weighted by atomic mass is 35.5. The number of aryl methyl sites for hydroxylation is 1. The van der Waals surface area contributed by atoms with E-state index < -0.39 is 11.9 Å². The standard InChI is InChI=1S/C8H7ClF3N.ClH/c1-5-2-6(3-9)7(13-4-5)8(10,11)12;/h2,4H,3H2,1H3;1H. The average Bonchev–Trinajstić information content (AvgIpc) is 2.01. The number of halogens is 5. The van der Waals surface area contributed by atoms with E-state index in [1.807, 2.05) is 0 Å². The maximum absolute atomic E-state index is 12.2. The molecule has 0 bridgehead atoms. The number of rotatable bonds is 1. The van der Waals surface area contributed by atoms with Crippen molar-refractivity contribution in [1.82, 2.24) is 4.98 Å². The van der Waals surface area contributed by atoms with Crippen LogP contribution in [-0.4, -0.2) is 4.98 Å². The maximum Gasteiger partial charge on any atom is 0.433 e. The molecule has 0 spiro atoms. The lowest BCUT2D eigenvalue weighted by Crippen LogP contribution is -2.11. The van der Waals surface area contributed by atoms with Crippen LogP contribution < -0.4 is 0 Å². The third kappa shape index (κ3) is 3.03. The molecule has 0 atom stereocenters. The molecule has 0 aliphatic carbocycles. The second kappa shape index (κ2) is 4.84. The molecule has 0 saturated carbocycles. The Hall–Kier alpha value is -0.480.